The smallest absolute Gasteiger partial charge is 0.254 e. The summed E-state index contributed by atoms with van der Waals surface area (Å²) in [7, 11) is 1.64. The van der Waals surface area contributed by atoms with Gasteiger partial charge in [0.05, 0.1) is 7.11 Å². The SMILES string of the molecule is COc1cccc(C(=O)N2CCN(Cc3cccc(C)c3)CC2)c1C. The van der Waals surface area contributed by atoms with Crippen LogP contribution in [0.5, 0.6) is 5.75 Å². The molecule has 0 aromatic heterocycles. The third kappa shape index (κ3) is 4.02. The van der Waals surface area contributed by atoms with Crippen molar-refractivity contribution in [2.75, 3.05) is 33.3 Å². The van der Waals surface area contributed by atoms with Crippen molar-refractivity contribution >= 4 is 5.91 Å². The van der Waals surface area contributed by atoms with Crippen LogP contribution in [0.15, 0.2) is 42.5 Å². The summed E-state index contributed by atoms with van der Waals surface area (Å²) >= 11 is 0. The Labute approximate surface area is 150 Å². The zero-order valence-electron chi connectivity index (χ0n) is 15.3. The standard InChI is InChI=1S/C21H26N2O2/c1-16-6-4-7-18(14-16)15-22-10-12-23(13-11-22)21(24)19-8-5-9-20(25-3)17(19)2/h4-9,14H,10-13,15H2,1-3H3. The zero-order valence-corrected chi connectivity index (χ0v) is 15.3. The molecule has 4 heteroatoms. The molecule has 0 N–H and O–H groups in total. The Bertz CT molecular complexity index is 749. The molecular weight excluding hydrogens is 312 g/mol. The molecule has 0 atom stereocenters. The Morgan fingerprint density at radius 2 is 1.76 bits per heavy atom. The van der Waals surface area contributed by atoms with Crippen LogP contribution >= 0.6 is 0 Å². The van der Waals surface area contributed by atoms with E-state index < -0.39 is 0 Å². The predicted molar refractivity (Wildman–Crippen MR) is 100 cm³/mol. The van der Waals surface area contributed by atoms with Gasteiger partial charge in [0.1, 0.15) is 5.75 Å². The van der Waals surface area contributed by atoms with Crippen LogP contribution in [0.25, 0.3) is 0 Å². The maximum absolute atomic E-state index is 12.9. The highest BCUT2D eigenvalue weighted by atomic mass is 16.5. The molecule has 2 aromatic carbocycles. The molecular formula is C21H26N2O2. The Morgan fingerprint density at radius 3 is 2.44 bits per heavy atom. The molecule has 1 heterocycles. The van der Waals surface area contributed by atoms with Crippen LogP contribution in [0.2, 0.25) is 0 Å². The lowest BCUT2D eigenvalue weighted by molar-refractivity contribution is 0.0627. The number of ether oxygens (including phenoxy) is 1. The summed E-state index contributed by atoms with van der Waals surface area (Å²) in [4.78, 5) is 17.2. The normalized spacial score (nSPS) is 15.2. The maximum Gasteiger partial charge on any atom is 0.254 e. The number of methoxy groups -OCH3 is 1. The summed E-state index contributed by atoms with van der Waals surface area (Å²) in [6.07, 6.45) is 0. The number of hydrogen-bond donors (Lipinski definition) is 0. The molecule has 0 bridgehead atoms. The summed E-state index contributed by atoms with van der Waals surface area (Å²) in [5.41, 5.74) is 4.28. The van der Waals surface area contributed by atoms with Crippen molar-refractivity contribution in [2.24, 2.45) is 0 Å². The maximum atomic E-state index is 12.9. The van der Waals surface area contributed by atoms with Crippen molar-refractivity contribution in [2.45, 2.75) is 20.4 Å². The summed E-state index contributed by atoms with van der Waals surface area (Å²) in [5.74, 6) is 0.871. The lowest BCUT2D eigenvalue weighted by Gasteiger charge is -2.35. The molecule has 0 aliphatic carbocycles. The van der Waals surface area contributed by atoms with Gasteiger partial charge in [-0.15, -0.1) is 0 Å². The van der Waals surface area contributed by atoms with E-state index >= 15 is 0 Å². The highest BCUT2D eigenvalue weighted by Crippen LogP contribution is 2.22. The van der Waals surface area contributed by atoms with Crippen LogP contribution in [0.1, 0.15) is 27.0 Å². The summed E-state index contributed by atoms with van der Waals surface area (Å²) < 4.78 is 5.34. The second-order valence-corrected chi connectivity index (χ2v) is 6.69. The molecule has 3 rings (SSSR count). The molecule has 0 radical (unpaired) electrons. The highest BCUT2D eigenvalue weighted by molar-refractivity contribution is 5.96. The molecule has 1 aliphatic heterocycles. The number of nitrogens with zero attached hydrogens (tertiary/aromatic N) is 2. The predicted octanol–water partition coefficient (Wildman–Crippen LogP) is 3.27. The van der Waals surface area contributed by atoms with Gasteiger partial charge in [0.2, 0.25) is 0 Å². The van der Waals surface area contributed by atoms with Crippen molar-refractivity contribution < 1.29 is 9.53 Å². The van der Waals surface area contributed by atoms with Gasteiger partial charge >= 0.3 is 0 Å². The van der Waals surface area contributed by atoms with Crippen LogP contribution in [-0.2, 0) is 6.54 Å². The first kappa shape index (κ1) is 17.5. The first-order valence-electron chi connectivity index (χ1n) is 8.79. The van der Waals surface area contributed by atoms with E-state index in [1.807, 2.05) is 30.0 Å². The van der Waals surface area contributed by atoms with Gasteiger partial charge in [-0.3, -0.25) is 9.69 Å². The molecule has 1 fully saturated rings. The van der Waals surface area contributed by atoms with Crippen molar-refractivity contribution in [3.8, 4) is 5.75 Å². The first-order chi connectivity index (χ1) is 12.1. The van der Waals surface area contributed by atoms with Crippen LogP contribution in [0.3, 0.4) is 0 Å². The summed E-state index contributed by atoms with van der Waals surface area (Å²) in [5, 5.41) is 0. The minimum Gasteiger partial charge on any atom is -0.496 e. The molecule has 1 amide bonds. The lowest BCUT2D eigenvalue weighted by Crippen LogP contribution is -2.48. The third-order valence-corrected chi connectivity index (χ3v) is 4.88. The van der Waals surface area contributed by atoms with E-state index in [-0.39, 0.29) is 5.91 Å². The van der Waals surface area contributed by atoms with Gasteiger partial charge in [-0.25, -0.2) is 0 Å². The second-order valence-electron chi connectivity index (χ2n) is 6.69. The fourth-order valence-electron chi connectivity index (χ4n) is 3.42. The van der Waals surface area contributed by atoms with Gasteiger partial charge in [0.25, 0.3) is 5.91 Å². The molecule has 1 aliphatic rings. The van der Waals surface area contributed by atoms with Crippen molar-refractivity contribution in [3.63, 3.8) is 0 Å². The van der Waals surface area contributed by atoms with E-state index in [2.05, 4.69) is 36.1 Å². The molecule has 4 nitrogen and oxygen atoms in total. The fourth-order valence-corrected chi connectivity index (χ4v) is 3.42. The lowest BCUT2D eigenvalue weighted by atomic mass is 10.1. The summed E-state index contributed by atoms with van der Waals surface area (Å²) in [6.45, 7) is 8.35. The topological polar surface area (TPSA) is 32.8 Å². The highest BCUT2D eigenvalue weighted by Gasteiger charge is 2.23. The average Bonchev–Trinajstić information content (AvgIpc) is 2.62. The van der Waals surface area contributed by atoms with Gasteiger partial charge in [-0.1, -0.05) is 35.9 Å². The number of amides is 1. The first-order valence-corrected chi connectivity index (χ1v) is 8.79. The van der Waals surface area contributed by atoms with Gasteiger partial charge in [-0.2, -0.15) is 0 Å². The quantitative estimate of drug-likeness (QED) is 0.858. The number of hydrogen-bond acceptors (Lipinski definition) is 3. The number of aryl methyl sites for hydroxylation is 1. The van der Waals surface area contributed by atoms with Crippen molar-refractivity contribution in [1.29, 1.82) is 0 Å². The minimum atomic E-state index is 0.103. The minimum absolute atomic E-state index is 0.103. The number of carbonyl (C=O) groups excluding carboxylic acids is 1. The van der Waals surface area contributed by atoms with Crippen LogP contribution in [0.4, 0.5) is 0 Å². The molecule has 25 heavy (non-hydrogen) atoms. The Hall–Kier alpha value is -2.33. The van der Waals surface area contributed by atoms with Gasteiger partial charge < -0.3 is 9.64 Å². The summed E-state index contributed by atoms with van der Waals surface area (Å²) in [6, 6.07) is 14.3. The fraction of sp³-hybridized carbons (Fsp3) is 0.381. The van der Waals surface area contributed by atoms with E-state index in [0.717, 1.165) is 49.6 Å². The van der Waals surface area contributed by atoms with Crippen molar-refractivity contribution in [1.82, 2.24) is 9.80 Å². The van der Waals surface area contributed by atoms with Crippen molar-refractivity contribution in [3.05, 3.63) is 64.7 Å². The van der Waals surface area contributed by atoms with Gasteiger partial charge in [0.15, 0.2) is 0 Å². The molecule has 0 spiro atoms. The zero-order chi connectivity index (χ0) is 17.8. The van der Waals surface area contributed by atoms with E-state index in [4.69, 9.17) is 4.74 Å². The average molecular weight is 338 g/mol. The van der Waals surface area contributed by atoms with Crippen LogP contribution < -0.4 is 4.74 Å². The van der Waals surface area contributed by atoms with E-state index in [1.165, 1.54) is 11.1 Å². The third-order valence-electron chi connectivity index (χ3n) is 4.88. The molecule has 1 saturated heterocycles. The molecule has 0 unspecified atom stereocenters. The Balaban J connectivity index is 1.61. The monoisotopic (exact) mass is 338 g/mol. The van der Waals surface area contributed by atoms with Crippen LogP contribution in [-0.4, -0.2) is 49.0 Å². The van der Waals surface area contributed by atoms with E-state index in [9.17, 15) is 4.79 Å². The van der Waals surface area contributed by atoms with E-state index in [1.54, 1.807) is 7.11 Å². The van der Waals surface area contributed by atoms with Crippen LogP contribution in [0, 0.1) is 13.8 Å². The van der Waals surface area contributed by atoms with Gasteiger partial charge in [0, 0.05) is 43.9 Å². The molecule has 2 aromatic rings. The Morgan fingerprint density at radius 1 is 1.04 bits per heavy atom. The van der Waals surface area contributed by atoms with E-state index in [0.29, 0.717) is 0 Å². The number of piperazine rings is 1. The molecule has 132 valence electrons. The molecule has 0 saturated carbocycles. The number of rotatable bonds is 4. The number of benzene rings is 2. The largest absolute Gasteiger partial charge is 0.496 e. The second kappa shape index (κ2) is 7.70. The Kier molecular flexibility index (Phi) is 5.39. The number of carbonyl (C=O) groups is 1. The van der Waals surface area contributed by atoms with Gasteiger partial charge in [-0.05, 0) is 31.5 Å².